The fourth-order valence-electron chi connectivity index (χ4n) is 6.69. The third kappa shape index (κ3) is 7.91. The quantitative estimate of drug-likeness (QED) is 0.110. The molecule has 1 saturated carbocycles. The standard InChI is InChI=1S/C38H33ClF4N6O7S/c1-55-24-5-3-20(4-6-24)18-48(57(53,54)26-8-9-26)36-33-28(39)11-12-31(34(33)47(46-36)19-32(42)43)49-35(44-29-17-25(56-2)7-10-27(29)37(49)50)30(45-38(51)52)15-21-13-22(40)16-23(41)14-21/h3-7,10-14,16-17,26,30,32,45H,8-9,15,18-19H2,1-2H3,(H,51,52)/t30-/m0/s1. The van der Waals surface area contributed by atoms with E-state index in [0.29, 0.717) is 30.2 Å². The van der Waals surface area contributed by atoms with E-state index in [4.69, 9.17) is 21.1 Å². The number of carbonyl (C=O) groups is 1. The molecule has 0 aliphatic heterocycles. The number of hydrogen-bond acceptors (Lipinski definition) is 8. The average Bonchev–Trinajstić information content (AvgIpc) is 3.96. The molecule has 0 saturated heterocycles. The van der Waals surface area contributed by atoms with Gasteiger partial charge in [0.05, 0.1) is 64.6 Å². The van der Waals surface area contributed by atoms with E-state index in [0.717, 1.165) is 25.7 Å². The summed E-state index contributed by atoms with van der Waals surface area (Å²) in [6.45, 7) is -1.35. The van der Waals surface area contributed by atoms with Crippen LogP contribution in [0.5, 0.6) is 11.5 Å². The topological polar surface area (TPSA) is 158 Å². The van der Waals surface area contributed by atoms with Gasteiger partial charge in [0.2, 0.25) is 10.0 Å². The van der Waals surface area contributed by atoms with Crippen LogP contribution in [0.15, 0.2) is 77.6 Å². The molecule has 1 fully saturated rings. The summed E-state index contributed by atoms with van der Waals surface area (Å²) in [5.41, 5.74) is -0.643. The molecule has 19 heteroatoms. The van der Waals surface area contributed by atoms with Crippen LogP contribution < -0.4 is 24.7 Å². The van der Waals surface area contributed by atoms with E-state index in [1.165, 1.54) is 44.6 Å². The van der Waals surface area contributed by atoms with Gasteiger partial charge >= 0.3 is 6.09 Å². The summed E-state index contributed by atoms with van der Waals surface area (Å²) >= 11 is 6.82. The van der Waals surface area contributed by atoms with Gasteiger partial charge in [-0.25, -0.2) is 40.1 Å². The zero-order valence-corrected chi connectivity index (χ0v) is 31.7. The SMILES string of the molecule is COc1ccc(CN(c2nn(CC(F)F)c3c(-n4c([C@H](Cc5cc(F)cc(F)c5)NC(=O)O)nc5cc(OC)ccc5c4=O)ccc(Cl)c23)S(=O)(=O)C2CC2)cc1. The van der Waals surface area contributed by atoms with Crippen molar-refractivity contribution in [3.63, 3.8) is 0 Å². The molecule has 6 aromatic rings. The number of hydrogen-bond donors (Lipinski definition) is 2. The first-order valence-electron chi connectivity index (χ1n) is 17.4. The molecule has 1 atom stereocenters. The van der Waals surface area contributed by atoms with E-state index in [1.807, 2.05) is 0 Å². The zero-order valence-electron chi connectivity index (χ0n) is 30.1. The Balaban J connectivity index is 1.53. The Hall–Kier alpha value is -5.88. The number of nitrogens with one attached hydrogen (secondary N) is 1. The van der Waals surface area contributed by atoms with Gasteiger partial charge in [-0.05, 0) is 72.5 Å². The molecule has 298 valence electrons. The number of fused-ring (bicyclic) bond motifs is 2. The van der Waals surface area contributed by atoms with E-state index in [9.17, 15) is 40.7 Å². The third-order valence-corrected chi connectivity index (χ3v) is 11.9. The number of nitrogens with zero attached hydrogens (tertiary/aromatic N) is 5. The van der Waals surface area contributed by atoms with Gasteiger partial charge in [0.15, 0.2) is 5.82 Å². The highest BCUT2D eigenvalue weighted by Crippen LogP contribution is 2.42. The van der Waals surface area contributed by atoms with Crippen molar-refractivity contribution in [3.05, 3.63) is 117 Å². The Labute approximate surface area is 327 Å². The fourth-order valence-corrected chi connectivity index (χ4v) is 8.71. The van der Waals surface area contributed by atoms with Crippen molar-refractivity contribution in [1.82, 2.24) is 24.6 Å². The number of halogens is 5. The Morgan fingerprint density at radius 2 is 1.65 bits per heavy atom. The van der Waals surface area contributed by atoms with Crippen molar-refractivity contribution in [2.75, 3.05) is 18.5 Å². The Morgan fingerprint density at radius 3 is 2.26 bits per heavy atom. The number of methoxy groups -OCH3 is 2. The van der Waals surface area contributed by atoms with E-state index in [2.05, 4.69) is 15.4 Å². The van der Waals surface area contributed by atoms with Crippen LogP contribution in [0, 0.1) is 11.6 Å². The van der Waals surface area contributed by atoms with Crippen LogP contribution in [-0.2, 0) is 29.5 Å². The number of amides is 1. The number of anilines is 1. The second-order valence-electron chi connectivity index (χ2n) is 13.3. The minimum Gasteiger partial charge on any atom is -0.497 e. The van der Waals surface area contributed by atoms with E-state index < -0.39 is 64.0 Å². The highest BCUT2D eigenvalue weighted by Gasteiger charge is 2.42. The van der Waals surface area contributed by atoms with Gasteiger partial charge in [-0.1, -0.05) is 23.7 Å². The number of carboxylic acid groups (broad SMARTS) is 1. The molecule has 1 aliphatic rings. The van der Waals surface area contributed by atoms with Crippen LogP contribution in [0.4, 0.5) is 28.2 Å². The smallest absolute Gasteiger partial charge is 0.405 e. The molecule has 0 radical (unpaired) electrons. The van der Waals surface area contributed by atoms with Gasteiger partial charge in [0, 0.05) is 18.6 Å². The minimum absolute atomic E-state index is 0.00823. The largest absolute Gasteiger partial charge is 0.497 e. The van der Waals surface area contributed by atoms with Crippen LogP contribution in [0.2, 0.25) is 5.02 Å². The number of benzene rings is 4. The molecule has 57 heavy (non-hydrogen) atoms. The number of aromatic nitrogens is 4. The van der Waals surface area contributed by atoms with E-state index in [1.54, 1.807) is 24.3 Å². The van der Waals surface area contributed by atoms with Crippen molar-refractivity contribution >= 4 is 55.3 Å². The molecule has 7 rings (SSSR count). The van der Waals surface area contributed by atoms with E-state index in [-0.39, 0.29) is 62.0 Å². The minimum atomic E-state index is -4.17. The Morgan fingerprint density at radius 1 is 0.982 bits per heavy atom. The normalized spacial score (nSPS) is 13.6. The highest BCUT2D eigenvalue weighted by molar-refractivity contribution is 7.93. The van der Waals surface area contributed by atoms with Gasteiger partial charge in [0.1, 0.15) is 35.5 Å². The predicted octanol–water partition coefficient (Wildman–Crippen LogP) is 7.00. The lowest BCUT2D eigenvalue weighted by atomic mass is 10.0. The van der Waals surface area contributed by atoms with Crippen molar-refractivity contribution in [2.45, 2.75) is 50.1 Å². The third-order valence-electron chi connectivity index (χ3n) is 9.40. The second kappa shape index (κ2) is 15.6. The van der Waals surface area contributed by atoms with Crippen molar-refractivity contribution in [2.24, 2.45) is 0 Å². The highest BCUT2D eigenvalue weighted by atomic mass is 35.5. The molecular formula is C38H33ClF4N6O7S. The second-order valence-corrected chi connectivity index (χ2v) is 15.8. The van der Waals surface area contributed by atoms with Gasteiger partial charge in [-0.2, -0.15) is 5.10 Å². The number of sulfonamides is 1. The first-order valence-corrected chi connectivity index (χ1v) is 19.2. The predicted molar refractivity (Wildman–Crippen MR) is 203 cm³/mol. The van der Waals surface area contributed by atoms with Crippen LogP contribution in [0.3, 0.4) is 0 Å². The molecule has 0 unspecified atom stereocenters. The van der Waals surface area contributed by atoms with E-state index >= 15 is 0 Å². The van der Waals surface area contributed by atoms with Crippen molar-refractivity contribution in [1.29, 1.82) is 0 Å². The molecule has 2 heterocycles. The summed E-state index contributed by atoms with van der Waals surface area (Å²) in [7, 11) is -1.31. The molecule has 2 N–H and O–H groups in total. The zero-order chi connectivity index (χ0) is 40.8. The summed E-state index contributed by atoms with van der Waals surface area (Å²) in [4.78, 5) is 31.6. The van der Waals surface area contributed by atoms with Gasteiger partial charge in [-0.3, -0.25) is 14.0 Å². The van der Waals surface area contributed by atoms with Crippen molar-refractivity contribution < 1.29 is 45.4 Å². The molecule has 1 aliphatic carbocycles. The molecule has 4 aromatic carbocycles. The molecule has 1 amide bonds. The summed E-state index contributed by atoms with van der Waals surface area (Å²) in [5.74, 6) is -1.70. The number of rotatable bonds is 14. The van der Waals surface area contributed by atoms with Gasteiger partial charge < -0.3 is 19.9 Å². The lowest BCUT2D eigenvalue weighted by molar-refractivity contribution is 0.123. The summed E-state index contributed by atoms with van der Waals surface area (Å²) in [6.07, 6.45) is -4.35. The number of alkyl halides is 2. The lowest BCUT2D eigenvalue weighted by Crippen LogP contribution is -2.35. The first-order chi connectivity index (χ1) is 27.2. The van der Waals surface area contributed by atoms with Crippen LogP contribution in [0.25, 0.3) is 27.5 Å². The maximum absolute atomic E-state index is 14.7. The summed E-state index contributed by atoms with van der Waals surface area (Å²) in [6, 6.07) is 14.6. The molecular weight excluding hydrogens is 796 g/mol. The summed E-state index contributed by atoms with van der Waals surface area (Å²) < 4.78 is 99.3. The maximum atomic E-state index is 14.7. The van der Waals surface area contributed by atoms with Crippen molar-refractivity contribution in [3.8, 4) is 17.2 Å². The number of ether oxygens (including phenoxy) is 2. The van der Waals surface area contributed by atoms with Crippen LogP contribution in [0.1, 0.15) is 35.8 Å². The molecule has 0 spiro atoms. The van der Waals surface area contributed by atoms with Crippen LogP contribution in [-0.4, -0.2) is 64.8 Å². The fraction of sp³-hybridized carbons (Fsp3) is 0.263. The Kier molecular flexibility index (Phi) is 10.8. The first kappa shape index (κ1) is 39.4. The molecule has 13 nitrogen and oxygen atoms in total. The maximum Gasteiger partial charge on any atom is 0.405 e. The lowest BCUT2D eigenvalue weighted by Gasteiger charge is -2.24. The Bertz CT molecular complexity index is 2670. The molecule has 0 bridgehead atoms. The van der Waals surface area contributed by atoms with Crippen LogP contribution >= 0.6 is 11.6 Å². The summed E-state index contributed by atoms with van der Waals surface area (Å²) in [5, 5.41) is 15.7. The average molecular weight is 829 g/mol. The van der Waals surface area contributed by atoms with Gasteiger partial charge in [0.25, 0.3) is 12.0 Å². The van der Waals surface area contributed by atoms with Gasteiger partial charge in [-0.15, -0.1) is 0 Å². The molecule has 2 aromatic heterocycles. The monoisotopic (exact) mass is 828 g/mol.